The first-order valence-electron chi connectivity index (χ1n) is 8.85. The monoisotopic (exact) mass is 383 g/mol. The van der Waals surface area contributed by atoms with Crippen LogP contribution in [0.2, 0.25) is 0 Å². The fourth-order valence-corrected chi connectivity index (χ4v) is 3.61. The van der Waals surface area contributed by atoms with Crippen molar-refractivity contribution < 1.29 is 23.8 Å². The number of carboxylic acids is 1. The standard InChI is InChI=1S/C20H18FN3O4/c1-11-18(12-3-2-4-14(21)9-12)28-8-7-24(11)19(25)13-5-6-16-15(10-13)17(20(26)27)23-22-16/h2-6,9-11,18H,7-8H2,1H3,(H,22,23)(H,26,27)/t11-,18+/m1/s1. The molecule has 0 radical (unpaired) electrons. The van der Waals surface area contributed by atoms with Crippen LogP contribution in [0.1, 0.15) is 39.4 Å². The summed E-state index contributed by atoms with van der Waals surface area (Å²) in [7, 11) is 0. The number of carbonyl (C=O) groups excluding carboxylic acids is 1. The fourth-order valence-electron chi connectivity index (χ4n) is 3.61. The molecule has 3 aromatic rings. The summed E-state index contributed by atoms with van der Waals surface area (Å²) in [5.41, 5.74) is 1.45. The summed E-state index contributed by atoms with van der Waals surface area (Å²) in [4.78, 5) is 26.1. The molecule has 0 spiro atoms. The van der Waals surface area contributed by atoms with Crippen molar-refractivity contribution in [2.24, 2.45) is 0 Å². The molecule has 1 amide bonds. The minimum atomic E-state index is -1.17. The zero-order chi connectivity index (χ0) is 19.8. The van der Waals surface area contributed by atoms with Crippen molar-refractivity contribution in [3.63, 3.8) is 0 Å². The number of ether oxygens (including phenoxy) is 1. The van der Waals surface area contributed by atoms with Crippen LogP contribution in [-0.2, 0) is 4.74 Å². The van der Waals surface area contributed by atoms with Crippen molar-refractivity contribution in [3.8, 4) is 0 Å². The Hall–Kier alpha value is -3.26. The zero-order valence-electron chi connectivity index (χ0n) is 15.1. The first-order chi connectivity index (χ1) is 13.5. The molecule has 8 heteroatoms. The number of nitrogens with one attached hydrogen (secondary N) is 1. The van der Waals surface area contributed by atoms with Gasteiger partial charge in [-0.3, -0.25) is 9.89 Å². The summed E-state index contributed by atoms with van der Waals surface area (Å²) in [5.74, 6) is -1.76. The second-order valence-electron chi connectivity index (χ2n) is 6.72. The molecule has 1 aliphatic rings. The number of H-pyrrole nitrogens is 1. The van der Waals surface area contributed by atoms with Gasteiger partial charge in [-0.1, -0.05) is 12.1 Å². The first-order valence-corrected chi connectivity index (χ1v) is 8.85. The maximum Gasteiger partial charge on any atom is 0.357 e. The lowest BCUT2D eigenvalue weighted by molar-refractivity contribution is -0.0552. The molecule has 144 valence electrons. The third kappa shape index (κ3) is 3.11. The number of carboxylic acid groups (broad SMARTS) is 1. The van der Waals surface area contributed by atoms with Gasteiger partial charge in [-0.25, -0.2) is 9.18 Å². The van der Waals surface area contributed by atoms with Gasteiger partial charge in [0.05, 0.1) is 18.2 Å². The second kappa shape index (κ2) is 7.05. The van der Waals surface area contributed by atoms with Crippen LogP contribution in [0.4, 0.5) is 4.39 Å². The van der Waals surface area contributed by atoms with Crippen LogP contribution in [0.3, 0.4) is 0 Å². The summed E-state index contributed by atoms with van der Waals surface area (Å²) >= 11 is 0. The Balaban J connectivity index is 1.64. The predicted molar refractivity (Wildman–Crippen MR) is 98.6 cm³/mol. The van der Waals surface area contributed by atoms with Crippen LogP contribution in [0.15, 0.2) is 42.5 Å². The molecule has 28 heavy (non-hydrogen) atoms. The Bertz CT molecular complexity index is 1060. The molecule has 2 heterocycles. The molecule has 1 saturated heterocycles. The molecule has 0 aliphatic carbocycles. The minimum Gasteiger partial charge on any atom is -0.476 e. The number of nitrogens with zero attached hydrogens (tertiary/aromatic N) is 2. The maximum atomic E-state index is 13.6. The van der Waals surface area contributed by atoms with Gasteiger partial charge in [-0.15, -0.1) is 0 Å². The Morgan fingerprint density at radius 1 is 1.29 bits per heavy atom. The van der Waals surface area contributed by atoms with Gasteiger partial charge in [0, 0.05) is 17.5 Å². The summed E-state index contributed by atoms with van der Waals surface area (Å²) in [5, 5.41) is 16.1. The van der Waals surface area contributed by atoms with E-state index < -0.39 is 12.1 Å². The quantitative estimate of drug-likeness (QED) is 0.725. The van der Waals surface area contributed by atoms with E-state index in [2.05, 4.69) is 10.2 Å². The normalized spacial score (nSPS) is 19.7. The molecule has 4 rings (SSSR count). The van der Waals surface area contributed by atoms with E-state index in [1.54, 1.807) is 29.2 Å². The largest absolute Gasteiger partial charge is 0.476 e. The van der Waals surface area contributed by atoms with Crippen LogP contribution >= 0.6 is 0 Å². The van der Waals surface area contributed by atoms with E-state index in [4.69, 9.17) is 4.74 Å². The first kappa shape index (κ1) is 18.1. The average molecular weight is 383 g/mol. The highest BCUT2D eigenvalue weighted by Gasteiger charge is 2.33. The number of aromatic nitrogens is 2. The molecular weight excluding hydrogens is 365 g/mol. The Kier molecular flexibility index (Phi) is 4.56. The molecule has 7 nitrogen and oxygen atoms in total. The Morgan fingerprint density at radius 2 is 2.11 bits per heavy atom. The van der Waals surface area contributed by atoms with Gasteiger partial charge in [0.1, 0.15) is 11.9 Å². The number of carbonyl (C=O) groups is 2. The molecule has 2 atom stereocenters. The Morgan fingerprint density at radius 3 is 2.86 bits per heavy atom. The number of aromatic carboxylic acids is 1. The molecule has 0 bridgehead atoms. The number of benzene rings is 2. The van der Waals surface area contributed by atoms with Crippen LogP contribution < -0.4 is 0 Å². The van der Waals surface area contributed by atoms with Crippen molar-refractivity contribution in [3.05, 3.63) is 65.1 Å². The number of rotatable bonds is 3. The van der Waals surface area contributed by atoms with Crippen molar-refractivity contribution in [1.29, 1.82) is 0 Å². The molecule has 1 aromatic heterocycles. The highest BCUT2D eigenvalue weighted by atomic mass is 19.1. The SMILES string of the molecule is C[C@@H]1[C@@H](c2cccc(F)c2)OCCN1C(=O)c1ccc2[nH]nc(C(=O)O)c2c1. The summed E-state index contributed by atoms with van der Waals surface area (Å²) in [6.45, 7) is 2.57. The highest BCUT2D eigenvalue weighted by molar-refractivity contribution is 6.04. The number of hydrogen-bond donors (Lipinski definition) is 2. The Labute approximate surface area is 159 Å². The lowest BCUT2D eigenvalue weighted by Crippen LogP contribution is -2.48. The molecule has 0 unspecified atom stereocenters. The fraction of sp³-hybridized carbons (Fsp3) is 0.250. The van der Waals surface area contributed by atoms with E-state index in [9.17, 15) is 19.1 Å². The number of hydrogen-bond acceptors (Lipinski definition) is 4. The van der Waals surface area contributed by atoms with Gasteiger partial charge in [-0.05, 0) is 42.8 Å². The van der Waals surface area contributed by atoms with Crippen molar-refractivity contribution in [2.75, 3.05) is 13.2 Å². The van der Waals surface area contributed by atoms with Gasteiger partial charge < -0.3 is 14.7 Å². The van der Waals surface area contributed by atoms with E-state index in [0.717, 1.165) is 0 Å². The summed E-state index contributed by atoms with van der Waals surface area (Å²) < 4.78 is 19.4. The van der Waals surface area contributed by atoms with E-state index in [1.165, 1.54) is 18.2 Å². The average Bonchev–Trinajstić information content (AvgIpc) is 3.11. The molecule has 0 saturated carbocycles. The third-order valence-corrected chi connectivity index (χ3v) is 5.01. The van der Waals surface area contributed by atoms with Gasteiger partial charge >= 0.3 is 5.97 Å². The number of halogens is 1. The predicted octanol–water partition coefficient (Wildman–Crippen LogP) is 3.00. The number of fused-ring (bicyclic) bond motifs is 1. The van der Waals surface area contributed by atoms with Gasteiger partial charge in [0.25, 0.3) is 5.91 Å². The van der Waals surface area contributed by atoms with Crippen molar-refractivity contribution in [2.45, 2.75) is 19.1 Å². The van der Waals surface area contributed by atoms with Gasteiger partial charge in [-0.2, -0.15) is 5.10 Å². The minimum absolute atomic E-state index is 0.127. The smallest absolute Gasteiger partial charge is 0.357 e. The van der Waals surface area contributed by atoms with Crippen molar-refractivity contribution >= 4 is 22.8 Å². The molecular formula is C20H18FN3O4. The number of morpholine rings is 1. The van der Waals surface area contributed by atoms with Gasteiger partial charge in [0.15, 0.2) is 5.69 Å². The highest BCUT2D eigenvalue weighted by Crippen LogP contribution is 2.30. The maximum absolute atomic E-state index is 13.6. The van der Waals surface area contributed by atoms with Crippen LogP contribution in [0, 0.1) is 5.82 Å². The molecule has 1 aliphatic heterocycles. The van der Waals surface area contributed by atoms with E-state index in [-0.39, 0.29) is 23.5 Å². The molecule has 2 aromatic carbocycles. The second-order valence-corrected chi connectivity index (χ2v) is 6.72. The number of aromatic amines is 1. The van der Waals surface area contributed by atoms with Crippen molar-refractivity contribution in [1.82, 2.24) is 15.1 Å². The van der Waals surface area contributed by atoms with Crippen LogP contribution in [0.25, 0.3) is 10.9 Å². The number of amides is 1. The van der Waals surface area contributed by atoms with E-state index >= 15 is 0 Å². The topological polar surface area (TPSA) is 95.5 Å². The molecule has 2 N–H and O–H groups in total. The lowest BCUT2D eigenvalue weighted by atomic mass is 9.99. The van der Waals surface area contributed by atoms with Crippen LogP contribution in [0.5, 0.6) is 0 Å². The zero-order valence-corrected chi connectivity index (χ0v) is 15.1. The summed E-state index contributed by atoms with van der Waals surface area (Å²) in [6, 6.07) is 10.6. The van der Waals surface area contributed by atoms with E-state index in [1.807, 2.05) is 6.92 Å². The van der Waals surface area contributed by atoms with Crippen LogP contribution in [-0.4, -0.2) is 51.3 Å². The third-order valence-electron chi connectivity index (χ3n) is 5.01. The van der Waals surface area contributed by atoms with E-state index in [0.29, 0.717) is 35.2 Å². The lowest BCUT2D eigenvalue weighted by Gasteiger charge is -2.39. The molecule has 1 fully saturated rings. The summed E-state index contributed by atoms with van der Waals surface area (Å²) in [6.07, 6.45) is -0.444. The van der Waals surface area contributed by atoms with Gasteiger partial charge in [0.2, 0.25) is 0 Å².